The molecule has 2 aromatic carbocycles. The topological polar surface area (TPSA) is 72.2 Å². The van der Waals surface area contributed by atoms with Gasteiger partial charge >= 0.3 is 0 Å². The molecule has 4 nitrogen and oxygen atoms in total. The SMILES string of the molecule is CC(NS(=O)(=O)c1ccc(Cl)c(N)c1)c1ccccc1. The molecular formula is C14H15ClN2O2S. The van der Waals surface area contributed by atoms with Gasteiger partial charge in [-0.25, -0.2) is 13.1 Å². The summed E-state index contributed by atoms with van der Waals surface area (Å²) in [4.78, 5) is 0.0992. The minimum atomic E-state index is -3.64. The molecule has 2 rings (SSSR count). The van der Waals surface area contributed by atoms with E-state index in [0.29, 0.717) is 5.02 Å². The van der Waals surface area contributed by atoms with Crippen LogP contribution < -0.4 is 10.5 Å². The van der Waals surface area contributed by atoms with E-state index in [0.717, 1.165) is 5.56 Å². The Morgan fingerprint density at radius 1 is 1.15 bits per heavy atom. The van der Waals surface area contributed by atoms with E-state index in [1.165, 1.54) is 18.2 Å². The van der Waals surface area contributed by atoms with E-state index in [2.05, 4.69) is 4.72 Å². The van der Waals surface area contributed by atoms with Crippen LogP contribution in [0.25, 0.3) is 0 Å². The molecule has 0 saturated carbocycles. The Hall–Kier alpha value is -1.56. The van der Waals surface area contributed by atoms with E-state index in [1.807, 2.05) is 30.3 Å². The molecule has 0 bridgehead atoms. The number of nitrogens with one attached hydrogen (secondary N) is 1. The van der Waals surface area contributed by atoms with Crippen molar-refractivity contribution in [1.82, 2.24) is 4.72 Å². The quantitative estimate of drug-likeness (QED) is 0.853. The van der Waals surface area contributed by atoms with Crippen LogP contribution >= 0.6 is 11.6 Å². The monoisotopic (exact) mass is 310 g/mol. The second kappa shape index (κ2) is 5.83. The third kappa shape index (κ3) is 3.30. The Labute approximate surface area is 123 Å². The summed E-state index contributed by atoms with van der Waals surface area (Å²) in [5.41, 5.74) is 6.76. The molecular weight excluding hydrogens is 296 g/mol. The summed E-state index contributed by atoms with van der Waals surface area (Å²) in [5, 5.41) is 0.333. The number of hydrogen-bond donors (Lipinski definition) is 2. The van der Waals surface area contributed by atoms with E-state index in [-0.39, 0.29) is 16.6 Å². The summed E-state index contributed by atoms with van der Waals surface area (Å²) in [7, 11) is -3.64. The first-order valence-corrected chi connectivity index (χ1v) is 7.88. The molecule has 20 heavy (non-hydrogen) atoms. The fraction of sp³-hybridized carbons (Fsp3) is 0.143. The zero-order chi connectivity index (χ0) is 14.8. The first kappa shape index (κ1) is 14.8. The van der Waals surface area contributed by atoms with Crippen LogP contribution in [0.1, 0.15) is 18.5 Å². The van der Waals surface area contributed by atoms with Gasteiger partial charge in [-0.1, -0.05) is 41.9 Å². The van der Waals surface area contributed by atoms with Crippen LogP contribution in [0.15, 0.2) is 53.4 Å². The van der Waals surface area contributed by atoms with Crippen LogP contribution in [0.4, 0.5) is 5.69 Å². The first-order valence-electron chi connectivity index (χ1n) is 6.02. The maximum atomic E-state index is 12.3. The number of nitrogens with two attached hydrogens (primary N) is 1. The predicted molar refractivity (Wildman–Crippen MR) is 81.0 cm³/mol. The lowest BCUT2D eigenvalue weighted by atomic mass is 10.1. The van der Waals surface area contributed by atoms with Crippen molar-refractivity contribution in [2.45, 2.75) is 17.9 Å². The Morgan fingerprint density at radius 2 is 1.80 bits per heavy atom. The molecule has 0 aliphatic heterocycles. The highest BCUT2D eigenvalue weighted by molar-refractivity contribution is 7.89. The second-order valence-electron chi connectivity index (χ2n) is 4.44. The van der Waals surface area contributed by atoms with Crippen molar-refractivity contribution in [3.8, 4) is 0 Å². The van der Waals surface area contributed by atoms with Crippen molar-refractivity contribution >= 4 is 27.3 Å². The molecule has 3 N–H and O–H groups in total. The van der Waals surface area contributed by atoms with Gasteiger partial charge in [0.25, 0.3) is 0 Å². The van der Waals surface area contributed by atoms with Crippen LogP contribution in [0, 0.1) is 0 Å². The van der Waals surface area contributed by atoms with Crippen molar-refractivity contribution in [3.05, 3.63) is 59.1 Å². The number of halogens is 1. The van der Waals surface area contributed by atoms with Crippen LogP contribution in [0.5, 0.6) is 0 Å². The average molecular weight is 311 g/mol. The van der Waals surface area contributed by atoms with Gasteiger partial charge in [-0.05, 0) is 30.7 Å². The Bertz CT molecular complexity index is 702. The minimum absolute atomic E-state index is 0.0992. The lowest BCUT2D eigenvalue weighted by molar-refractivity contribution is 0.567. The third-order valence-corrected chi connectivity index (χ3v) is 4.79. The van der Waals surface area contributed by atoms with Gasteiger partial charge in [-0.15, -0.1) is 0 Å². The van der Waals surface area contributed by atoms with E-state index in [4.69, 9.17) is 17.3 Å². The van der Waals surface area contributed by atoms with E-state index in [9.17, 15) is 8.42 Å². The van der Waals surface area contributed by atoms with Gasteiger partial charge in [0.1, 0.15) is 0 Å². The molecule has 0 saturated heterocycles. The molecule has 0 heterocycles. The van der Waals surface area contributed by atoms with Crippen molar-refractivity contribution in [1.29, 1.82) is 0 Å². The summed E-state index contributed by atoms with van der Waals surface area (Å²) >= 11 is 5.79. The summed E-state index contributed by atoms with van der Waals surface area (Å²) in [6, 6.07) is 13.2. The van der Waals surface area contributed by atoms with Gasteiger partial charge in [0.2, 0.25) is 10.0 Å². The van der Waals surface area contributed by atoms with E-state index < -0.39 is 10.0 Å². The Balaban J connectivity index is 2.25. The molecule has 1 atom stereocenters. The fourth-order valence-corrected chi connectivity index (χ4v) is 3.18. The highest BCUT2D eigenvalue weighted by atomic mass is 35.5. The van der Waals surface area contributed by atoms with E-state index >= 15 is 0 Å². The predicted octanol–water partition coefficient (Wildman–Crippen LogP) is 2.96. The van der Waals surface area contributed by atoms with Crippen LogP contribution in [0.2, 0.25) is 5.02 Å². The Morgan fingerprint density at radius 3 is 2.40 bits per heavy atom. The number of nitrogen functional groups attached to an aromatic ring is 1. The minimum Gasteiger partial charge on any atom is -0.397 e. The molecule has 0 aliphatic carbocycles. The number of anilines is 1. The first-order chi connectivity index (χ1) is 9.40. The zero-order valence-electron chi connectivity index (χ0n) is 10.9. The van der Waals surface area contributed by atoms with Gasteiger partial charge in [0.15, 0.2) is 0 Å². The lowest BCUT2D eigenvalue weighted by Gasteiger charge is -2.15. The highest BCUT2D eigenvalue weighted by Crippen LogP contribution is 2.23. The van der Waals surface area contributed by atoms with Crippen molar-refractivity contribution in [2.75, 3.05) is 5.73 Å². The normalized spacial score (nSPS) is 13.1. The molecule has 6 heteroatoms. The molecule has 0 spiro atoms. The molecule has 0 fully saturated rings. The van der Waals surface area contributed by atoms with Crippen LogP contribution in [-0.2, 0) is 10.0 Å². The van der Waals surface area contributed by atoms with Crippen LogP contribution in [0.3, 0.4) is 0 Å². The van der Waals surface area contributed by atoms with Crippen molar-refractivity contribution < 1.29 is 8.42 Å². The summed E-state index contributed by atoms with van der Waals surface area (Å²) in [6.07, 6.45) is 0. The van der Waals surface area contributed by atoms with Gasteiger partial charge < -0.3 is 5.73 Å². The fourth-order valence-electron chi connectivity index (χ4n) is 1.80. The largest absolute Gasteiger partial charge is 0.397 e. The standard InChI is InChI=1S/C14H15ClN2O2S/c1-10(11-5-3-2-4-6-11)17-20(18,19)12-7-8-13(15)14(16)9-12/h2-10,17H,16H2,1H3. The second-order valence-corrected chi connectivity index (χ2v) is 6.56. The number of rotatable bonds is 4. The maximum Gasteiger partial charge on any atom is 0.241 e. The summed E-state index contributed by atoms with van der Waals surface area (Å²) in [5.74, 6) is 0. The van der Waals surface area contributed by atoms with Gasteiger partial charge in [0.05, 0.1) is 15.6 Å². The summed E-state index contributed by atoms with van der Waals surface area (Å²) < 4.78 is 27.1. The third-order valence-electron chi connectivity index (χ3n) is 2.91. The average Bonchev–Trinajstić information content (AvgIpc) is 2.42. The maximum absolute atomic E-state index is 12.3. The molecule has 0 aliphatic rings. The summed E-state index contributed by atoms with van der Waals surface area (Å²) in [6.45, 7) is 1.78. The number of sulfonamides is 1. The highest BCUT2D eigenvalue weighted by Gasteiger charge is 2.18. The lowest BCUT2D eigenvalue weighted by Crippen LogP contribution is -2.26. The van der Waals surface area contributed by atoms with Gasteiger partial charge in [-0.2, -0.15) is 0 Å². The van der Waals surface area contributed by atoms with Crippen LogP contribution in [-0.4, -0.2) is 8.42 Å². The molecule has 0 radical (unpaired) electrons. The number of benzene rings is 2. The van der Waals surface area contributed by atoms with Gasteiger partial charge in [-0.3, -0.25) is 0 Å². The van der Waals surface area contributed by atoms with Gasteiger partial charge in [0, 0.05) is 6.04 Å². The number of hydrogen-bond acceptors (Lipinski definition) is 3. The molecule has 0 aromatic heterocycles. The molecule has 2 aromatic rings. The van der Waals surface area contributed by atoms with Crippen molar-refractivity contribution in [2.24, 2.45) is 0 Å². The zero-order valence-corrected chi connectivity index (χ0v) is 12.4. The smallest absolute Gasteiger partial charge is 0.241 e. The molecule has 106 valence electrons. The molecule has 0 amide bonds. The van der Waals surface area contributed by atoms with Crippen molar-refractivity contribution in [3.63, 3.8) is 0 Å². The Kier molecular flexibility index (Phi) is 4.32. The molecule has 1 unspecified atom stereocenters. The van der Waals surface area contributed by atoms with E-state index in [1.54, 1.807) is 6.92 Å².